The molecule has 23 heavy (non-hydrogen) atoms. The van der Waals surface area contributed by atoms with Crippen molar-refractivity contribution in [3.63, 3.8) is 0 Å². The third-order valence-corrected chi connectivity index (χ3v) is 5.33. The van der Waals surface area contributed by atoms with Crippen molar-refractivity contribution in [2.45, 2.75) is 51.9 Å². The van der Waals surface area contributed by atoms with Crippen molar-refractivity contribution in [2.75, 3.05) is 26.2 Å². The smallest absolute Gasteiger partial charge is 0.272 e. The van der Waals surface area contributed by atoms with Gasteiger partial charge in [0.05, 0.1) is 0 Å². The fourth-order valence-electron chi connectivity index (χ4n) is 3.94. The van der Waals surface area contributed by atoms with Crippen molar-refractivity contribution in [3.05, 3.63) is 17.0 Å². The third kappa shape index (κ3) is 3.77. The highest BCUT2D eigenvalue weighted by Crippen LogP contribution is 2.24. The number of fused-ring (bicyclic) bond motifs is 1. The lowest BCUT2D eigenvalue weighted by Crippen LogP contribution is -2.32. The molecular weight excluding hydrogens is 288 g/mol. The molecule has 1 atom stereocenters. The van der Waals surface area contributed by atoms with Gasteiger partial charge in [-0.3, -0.25) is 9.48 Å². The van der Waals surface area contributed by atoms with E-state index >= 15 is 0 Å². The van der Waals surface area contributed by atoms with Crippen molar-refractivity contribution in [3.8, 4) is 0 Å². The van der Waals surface area contributed by atoms with Gasteiger partial charge >= 0.3 is 0 Å². The van der Waals surface area contributed by atoms with E-state index in [9.17, 15) is 4.79 Å². The number of nitrogens with zero attached hydrogens (tertiary/aromatic N) is 3. The van der Waals surface area contributed by atoms with Crippen LogP contribution >= 0.6 is 0 Å². The molecule has 0 aromatic carbocycles. The predicted molar refractivity (Wildman–Crippen MR) is 91.6 cm³/mol. The molecule has 0 radical (unpaired) electrons. The molecule has 0 saturated carbocycles. The van der Waals surface area contributed by atoms with Gasteiger partial charge in [-0.25, -0.2) is 0 Å². The number of likely N-dealkylation sites (tertiary alicyclic amines) is 1. The quantitative estimate of drug-likeness (QED) is 0.874. The largest absolute Gasteiger partial charge is 0.350 e. The normalized spacial score (nSPS) is 21.4. The zero-order valence-corrected chi connectivity index (χ0v) is 14.6. The molecule has 0 spiro atoms. The van der Waals surface area contributed by atoms with E-state index in [1.54, 1.807) is 0 Å². The average molecular weight is 318 g/mol. The number of carbonyl (C=O) groups is 1. The number of aromatic nitrogens is 2. The maximum Gasteiger partial charge on any atom is 0.272 e. The lowest BCUT2D eigenvalue weighted by atomic mass is 9.95. The molecule has 2 heterocycles. The molecule has 128 valence electrons. The summed E-state index contributed by atoms with van der Waals surface area (Å²) in [4.78, 5) is 15.1. The van der Waals surface area contributed by atoms with Crippen LogP contribution in [0.5, 0.6) is 0 Å². The molecule has 1 unspecified atom stereocenters. The fourth-order valence-corrected chi connectivity index (χ4v) is 3.94. The number of nitrogens with one attached hydrogen (secondary N) is 1. The Kier molecular flexibility index (Phi) is 5.36. The summed E-state index contributed by atoms with van der Waals surface area (Å²) in [6.07, 6.45) is 8.17. The lowest BCUT2D eigenvalue weighted by Gasteiger charge is -2.16. The SMILES string of the molecule is CCCCN1CCC(CNC(=O)c2nn(C)c3c2CCCC3)C1. The second kappa shape index (κ2) is 7.47. The van der Waals surface area contributed by atoms with E-state index in [0.717, 1.165) is 25.9 Å². The van der Waals surface area contributed by atoms with Crippen molar-refractivity contribution < 1.29 is 4.79 Å². The monoisotopic (exact) mass is 318 g/mol. The summed E-state index contributed by atoms with van der Waals surface area (Å²) in [5.41, 5.74) is 3.11. The van der Waals surface area contributed by atoms with Crippen LogP contribution in [0.25, 0.3) is 0 Å². The van der Waals surface area contributed by atoms with Gasteiger partial charge in [-0.15, -0.1) is 0 Å². The standard InChI is InChI=1S/C18H30N4O/c1-3-4-10-22-11-9-14(13-22)12-19-18(23)17-15-7-5-6-8-16(15)21(2)20-17/h14H,3-13H2,1-2H3,(H,19,23). The number of aryl methyl sites for hydroxylation is 1. The van der Waals surface area contributed by atoms with Crippen molar-refractivity contribution in [1.29, 1.82) is 0 Å². The first-order valence-electron chi connectivity index (χ1n) is 9.24. The fraction of sp³-hybridized carbons (Fsp3) is 0.778. The van der Waals surface area contributed by atoms with E-state index in [1.807, 2.05) is 11.7 Å². The van der Waals surface area contributed by atoms with E-state index in [0.29, 0.717) is 11.6 Å². The zero-order valence-electron chi connectivity index (χ0n) is 14.6. The molecule has 1 aromatic rings. The zero-order chi connectivity index (χ0) is 16.2. The summed E-state index contributed by atoms with van der Waals surface area (Å²) in [6, 6.07) is 0. The Labute approximate surface area is 139 Å². The second-order valence-electron chi connectivity index (χ2n) is 7.12. The lowest BCUT2D eigenvalue weighted by molar-refractivity contribution is 0.0940. The first-order chi connectivity index (χ1) is 11.2. The van der Waals surface area contributed by atoms with Crippen LogP contribution in [-0.4, -0.2) is 46.8 Å². The molecule has 1 fully saturated rings. The van der Waals surface area contributed by atoms with E-state index in [1.165, 1.54) is 56.5 Å². The molecule has 0 bridgehead atoms. The van der Waals surface area contributed by atoms with Gasteiger partial charge in [-0.2, -0.15) is 5.10 Å². The highest BCUT2D eigenvalue weighted by atomic mass is 16.1. The van der Waals surface area contributed by atoms with Crippen molar-refractivity contribution in [2.24, 2.45) is 13.0 Å². The van der Waals surface area contributed by atoms with Crippen molar-refractivity contribution >= 4 is 5.91 Å². The minimum absolute atomic E-state index is 0.0239. The molecule has 1 N–H and O–H groups in total. The van der Waals surface area contributed by atoms with Gasteiger partial charge in [0.2, 0.25) is 0 Å². The van der Waals surface area contributed by atoms with Crippen LogP contribution in [0.1, 0.15) is 60.8 Å². The number of unbranched alkanes of at least 4 members (excludes halogenated alkanes) is 1. The molecule has 3 rings (SSSR count). The summed E-state index contributed by atoms with van der Waals surface area (Å²) in [6.45, 7) is 6.53. The first kappa shape index (κ1) is 16.5. The van der Waals surface area contributed by atoms with Crippen LogP contribution in [0.3, 0.4) is 0 Å². The summed E-state index contributed by atoms with van der Waals surface area (Å²) in [7, 11) is 1.96. The molecule has 1 aliphatic heterocycles. The Balaban J connectivity index is 1.52. The first-order valence-corrected chi connectivity index (χ1v) is 9.24. The van der Waals surface area contributed by atoms with E-state index < -0.39 is 0 Å². The average Bonchev–Trinajstić information content (AvgIpc) is 3.16. The number of rotatable bonds is 6. The van der Waals surface area contributed by atoms with Gasteiger partial charge in [0.15, 0.2) is 5.69 Å². The molecule has 1 saturated heterocycles. The summed E-state index contributed by atoms with van der Waals surface area (Å²) in [5, 5.41) is 7.63. The Morgan fingerprint density at radius 2 is 2.17 bits per heavy atom. The molecule has 1 amide bonds. The van der Waals surface area contributed by atoms with E-state index in [4.69, 9.17) is 0 Å². The van der Waals surface area contributed by atoms with Crippen LogP contribution in [0.2, 0.25) is 0 Å². The number of hydrogen-bond acceptors (Lipinski definition) is 3. The number of carbonyl (C=O) groups excluding carboxylic acids is 1. The molecule has 1 aliphatic carbocycles. The van der Waals surface area contributed by atoms with Gasteiger partial charge in [-0.1, -0.05) is 13.3 Å². The maximum atomic E-state index is 12.5. The Morgan fingerprint density at radius 1 is 1.35 bits per heavy atom. The van der Waals surface area contributed by atoms with Gasteiger partial charge in [0.25, 0.3) is 5.91 Å². The third-order valence-electron chi connectivity index (χ3n) is 5.33. The number of hydrogen-bond donors (Lipinski definition) is 1. The van der Waals surface area contributed by atoms with Gasteiger partial charge in [0, 0.05) is 31.4 Å². The molecule has 2 aliphatic rings. The van der Waals surface area contributed by atoms with E-state index in [2.05, 4.69) is 22.2 Å². The van der Waals surface area contributed by atoms with Gasteiger partial charge in [0.1, 0.15) is 0 Å². The van der Waals surface area contributed by atoms with Crippen molar-refractivity contribution in [1.82, 2.24) is 20.0 Å². The highest BCUT2D eigenvalue weighted by Gasteiger charge is 2.26. The maximum absolute atomic E-state index is 12.5. The number of amides is 1. The Morgan fingerprint density at radius 3 is 3.00 bits per heavy atom. The topological polar surface area (TPSA) is 50.2 Å². The van der Waals surface area contributed by atoms with Crippen LogP contribution < -0.4 is 5.32 Å². The van der Waals surface area contributed by atoms with Crippen LogP contribution in [0.15, 0.2) is 0 Å². The summed E-state index contributed by atoms with van der Waals surface area (Å²) >= 11 is 0. The van der Waals surface area contributed by atoms with Crippen LogP contribution in [0, 0.1) is 5.92 Å². The highest BCUT2D eigenvalue weighted by molar-refractivity contribution is 5.94. The molecular formula is C18H30N4O. The molecule has 5 heteroatoms. The van der Waals surface area contributed by atoms with Crippen LogP contribution in [0.4, 0.5) is 0 Å². The summed E-state index contributed by atoms with van der Waals surface area (Å²) < 4.78 is 1.91. The second-order valence-corrected chi connectivity index (χ2v) is 7.12. The Bertz CT molecular complexity index is 551. The Hall–Kier alpha value is -1.36. The minimum atomic E-state index is 0.0239. The predicted octanol–water partition coefficient (Wildman–Crippen LogP) is 2.15. The molecule has 1 aromatic heterocycles. The van der Waals surface area contributed by atoms with Gasteiger partial charge in [-0.05, 0) is 57.5 Å². The van der Waals surface area contributed by atoms with Gasteiger partial charge < -0.3 is 10.2 Å². The van der Waals surface area contributed by atoms with Crippen LogP contribution in [-0.2, 0) is 19.9 Å². The molecule has 5 nitrogen and oxygen atoms in total. The minimum Gasteiger partial charge on any atom is -0.350 e. The summed E-state index contributed by atoms with van der Waals surface area (Å²) in [5.74, 6) is 0.617. The van der Waals surface area contributed by atoms with E-state index in [-0.39, 0.29) is 5.91 Å².